The Hall–Kier alpha value is -0.750. The molecule has 4 N–H and O–H groups in total. The average molecular weight is 816 g/mol. The van der Waals surface area contributed by atoms with Gasteiger partial charge in [0.25, 0.3) is 15.6 Å². The molecule has 53 heavy (non-hydrogen) atoms. The molecule has 0 bridgehead atoms. The maximum absolute atomic E-state index is 11.9. The van der Waals surface area contributed by atoms with E-state index in [4.69, 9.17) is 56.0 Å². The number of ether oxygens (including phenoxy) is 8. The molecule has 1 aliphatic rings. The van der Waals surface area contributed by atoms with Crippen LogP contribution < -0.4 is 15.1 Å². The van der Waals surface area contributed by atoms with E-state index in [0.29, 0.717) is 46.1 Å². The van der Waals surface area contributed by atoms with Crippen molar-refractivity contribution in [2.75, 3.05) is 119 Å². The number of phosphoric ester groups is 2. The number of carbonyl (C=O) groups is 1. The number of rotatable bonds is 33. The summed E-state index contributed by atoms with van der Waals surface area (Å²) >= 11 is 0. The van der Waals surface area contributed by atoms with Gasteiger partial charge in [0, 0.05) is 13.5 Å². The van der Waals surface area contributed by atoms with Gasteiger partial charge in [-0.1, -0.05) is 20.8 Å². The van der Waals surface area contributed by atoms with Gasteiger partial charge in [0.2, 0.25) is 5.91 Å². The summed E-state index contributed by atoms with van der Waals surface area (Å²) in [6, 6.07) is -1.18. The molecule has 0 aromatic heterocycles. The van der Waals surface area contributed by atoms with Gasteiger partial charge in [-0.05, 0) is 11.8 Å². The monoisotopic (exact) mass is 815 g/mol. The van der Waals surface area contributed by atoms with E-state index >= 15 is 0 Å². The molecule has 23 heteroatoms. The van der Waals surface area contributed by atoms with Crippen LogP contribution in [0.4, 0.5) is 0 Å². The Morgan fingerprint density at radius 2 is 1.08 bits per heavy atom. The van der Waals surface area contributed by atoms with Gasteiger partial charge in [-0.25, -0.2) is 0 Å². The number of aliphatic hydroxyl groups is 3. The van der Waals surface area contributed by atoms with Gasteiger partial charge < -0.3 is 86.4 Å². The van der Waals surface area contributed by atoms with E-state index in [0.717, 1.165) is 0 Å². The highest BCUT2D eigenvalue weighted by atomic mass is 31.2. The van der Waals surface area contributed by atoms with Crippen molar-refractivity contribution in [2.24, 2.45) is 5.41 Å². The zero-order chi connectivity index (χ0) is 39.6. The summed E-state index contributed by atoms with van der Waals surface area (Å²) in [5, 5.41) is 32.0. The van der Waals surface area contributed by atoms with Crippen molar-refractivity contribution in [3.8, 4) is 0 Å². The smallest absolute Gasteiger partial charge is 0.268 e. The largest absolute Gasteiger partial charge is 0.756 e. The number of hydrogen-bond acceptors (Lipinski definition) is 20. The first kappa shape index (κ1) is 50.3. The lowest BCUT2D eigenvalue weighted by Crippen LogP contribution is -2.64. The van der Waals surface area contributed by atoms with Gasteiger partial charge in [0.15, 0.2) is 6.29 Å². The van der Waals surface area contributed by atoms with Crippen molar-refractivity contribution in [3.05, 3.63) is 0 Å². The number of hydrogen-bond donors (Lipinski definition) is 4. The van der Waals surface area contributed by atoms with Crippen LogP contribution in [0.15, 0.2) is 0 Å². The van der Waals surface area contributed by atoms with Crippen LogP contribution in [0.1, 0.15) is 34.1 Å². The Kier molecular flexibility index (Phi) is 27.1. The fourth-order valence-corrected chi connectivity index (χ4v) is 5.51. The third-order valence-corrected chi connectivity index (χ3v) is 8.52. The molecule has 21 nitrogen and oxygen atoms in total. The second kappa shape index (κ2) is 28.6. The van der Waals surface area contributed by atoms with Crippen LogP contribution in [-0.4, -0.2) is 171 Å². The van der Waals surface area contributed by atoms with Gasteiger partial charge in [0.05, 0.1) is 112 Å². The molecule has 0 radical (unpaired) electrons. The lowest BCUT2D eigenvalue weighted by molar-refractivity contribution is -0.273. The zero-order valence-electron chi connectivity index (χ0n) is 31.0. The maximum atomic E-state index is 11.9. The fraction of sp³-hybridized carbons (Fsp3) is 0.967. The minimum Gasteiger partial charge on any atom is -0.756 e. The van der Waals surface area contributed by atoms with Crippen molar-refractivity contribution in [1.29, 1.82) is 0 Å². The summed E-state index contributed by atoms with van der Waals surface area (Å²) in [6.07, 6.45) is -5.04. The minimum absolute atomic E-state index is 0.0202. The molecule has 0 spiro atoms. The highest BCUT2D eigenvalue weighted by molar-refractivity contribution is 7.46. The van der Waals surface area contributed by atoms with Gasteiger partial charge >= 0.3 is 0 Å². The standard InChI is InChI=1S/C30H61NO20P2/c1-24(33)31-26-28(35)27(34)25(22-32)51-29(26)46-18-21-50-53(38,39)49-20-17-44-15-13-42-11-9-40-8-10-41-12-14-43-16-19-48-52(36,37)47-7-5-6-45-23-30(2,3)4/h25-29,32,34-35H,5-23H2,1-4H3,(H,31,33)(H,36,37)(H,38,39)/p-2/t25-,26-,27+,28-,29-/m1/s1. The third kappa shape index (κ3) is 26.7. The number of amides is 1. The molecule has 316 valence electrons. The molecule has 1 rings (SSSR count). The summed E-state index contributed by atoms with van der Waals surface area (Å²) in [7, 11) is -9.09. The predicted molar refractivity (Wildman–Crippen MR) is 179 cm³/mol. The molecular weight excluding hydrogens is 756 g/mol. The number of phosphoric acid groups is 2. The van der Waals surface area contributed by atoms with E-state index in [9.17, 15) is 39.0 Å². The zero-order valence-corrected chi connectivity index (χ0v) is 32.8. The second-order valence-electron chi connectivity index (χ2n) is 12.6. The lowest BCUT2D eigenvalue weighted by Gasteiger charge is -2.42. The van der Waals surface area contributed by atoms with Crippen LogP contribution in [0.2, 0.25) is 0 Å². The summed E-state index contributed by atoms with van der Waals surface area (Å²) in [5.41, 5.74) is 0.0391. The minimum atomic E-state index is -4.69. The van der Waals surface area contributed by atoms with E-state index in [1.165, 1.54) is 6.92 Å². The first-order valence-corrected chi connectivity index (χ1v) is 20.2. The van der Waals surface area contributed by atoms with Gasteiger partial charge in [-0.3, -0.25) is 13.9 Å². The van der Waals surface area contributed by atoms with E-state index < -0.39 is 65.4 Å². The van der Waals surface area contributed by atoms with E-state index in [2.05, 4.69) is 5.32 Å². The van der Waals surface area contributed by atoms with Crippen LogP contribution >= 0.6 is 15.6 Å². The molecule has 0 aromatic carbocycles. The Balaban J connectivity index is 1.92. The maximum Gasteiger partial charge on any atom is 0.268 e. The first-order valence-electron chi connectivity index (χ1n) is 17.2. The predicted octanol–water partition coefficient (Wildman–Crippen LogP) is -1.51. The average Bonchev–Trinajstić information content (AvgIpc) is 3.08. The summed E-state index contributed by atoms with van der Waals surface area (Å²) in [5.74, 6) is -0.536. The number of aliphatic hydroxyl groups excluding tert-OH is 3. The van der Waals surface area contributed by atoms with Gasteiger partial charge in [-0.15, -0.1) is 0 Å². The van der Waals surface area contributed by atoms with Crippen molar-refractivity contribution >= 4 is 21.6 Å². The van der Waals surface area contributed by atoms with E-state index in [-0.39, 0.29) is 71.5 Å². The molecule has 1 heterocycles. The van der Waals surface area contributed by atoms with Crippen LogP contribution in [0.5, 0.6) is 0 Å². The fourth-order valence-electron chi connectivity index (χ4n) is 4.11. The quantitative estimate of drug-likeness (QED) is 0.0433. The van der Waals surface area contributed by atoms with Crippen LogP contribution in [0.3, 0.4) is 0 Å². The van der Waals surface area contributed by atoms with Crippen LogP contribution in [-0.2, 0) is 69.9 Å². The normalized spacial score (nSPS) is 23.1. The Bertz CT molecular complexity index is 1040. The topological polar surface area (TPSA) is 281 Å². The Morgan fingerprint density at radius 1 is 0.660 bits per heavy atom. The highest BCUT2D eigenvalue weighted by Gasteiger charge is 2.45. The molecule has 2 unspecified atom stereocenters. The highest BCUT2D eigenvalue weighted by Crippen LogP contribution is 2.38. The SMILES string of the molecule is CC(=O)N[C@H]1[C@H](OCCOP(=O)([O-])OCCOCCOCCOCCOCCOCCOP(=O)([O-])OCCCOCC(C)(C)C)O[C@H](CO)[C@H](O)[C@@H]1O. The Morgan fingerprint density at radius 3 is 1.49 bits per heavy atom. The van der Waals surface area contributed by atoms with Gasteiger partial charge in [0.1, 0.15) is 24.4 Å². The first-order chi connectivity index (χ1) is 25.1. The second-order valence-corrected chi connectivity index (χ2v) is 15.4. The summed E-state index contributed by atoms with van der Waals surface area (Å²) in [4.78, 5) is 35.1. The summed E-state index contributed by atoms with van der Waals surface area (Å²) < 4.78 is 85.4. The molecule has 1 amide bonds. The molecule has 0 aliphatic carbocycles. The molecule has 1 aliphatic heterocycles. The molecule has 0 aromatic rings. The molecule has 7 atom stereocenters. The van der Waals surface area contributed by atoms with E-state index in [1.807, 2.05) is 20.8 Å². The Labute approximate surface area is 310 Å². The van der Waals surface area contributed by atoms with E-state index in [1.54, 1.807) is 0 Å². The van der Waals surface area contributed by atoms with Crippen molar-refractivity contribution in [1.82, 2.24) is 5.32 Å². The number of nitrogens with one attached hydrogen (secondary N) is 1. The molecule has 1 saturated heterocycles. The molecular formula is C30H59NO20P2-2. The number of carbonyl (C=O) groups excluding carboxylic acids is 1. The summed E-state index contributed by atoms with van der Waals surface area (Å²) in [6.45, 7) is 8.50. The lowest BCUT2D eigenvalue weighted by atomic mass is 9.97. The van der Waals surface area contributed by atoms with Crippen molar-refractivity contribution in [3.63, 3.8) is 0 Å². The van der Waals surface area contributed by atoms with Crippen molar-refractivity contribution in [2.45, 2.75) is 64.8 Å². The van der Waals surface area contributed by atoms with Gasteiger partial charge in [-0.2, -0.15) is 0 Å². The van der Waals surface area contributed by atoms with Crippen molar-refractivity contribution < 1.29 is 95.0 Å². The third-order valence-electron chi connectivity index (χ3n) is 6.53. The van der Waals surface area contributed by atoms with Crippen LogP contribution in [0, 0.1) is 5.41 Å². The molecule has 0 saturated carbocycles. The molecule has 1 fully saturated rings. The van der Waals surface area contributed by atoms with Crippen LogP contribution in [0.25, 0.3) is 0 Å².